The van der Waals surface area contributed by atoms with Crippen LogP contribution in [0.2, 0.25) is 0 Å². The lowest BCUT2D eigenvalue weighted by Crippen LogP contribution is -2.46. The second-order valence-electron chi connectivity index (χ2n) is 5.68. The van der Waals surface area contributed by atoms with Gasteiger partial charge in [-0.05, 0) is 38.8 Å². The summed E-state index contributed by atoms with van der Waals surface area (Å²) in [5.41, 5.74) is 6.05. The van der Waals surface area contributed by atoms with Gasteiger partial charge in [0.1, 0.15) is 0 Å². The zero-order valence-corrected chi connectivity index (χ0v) is 12.6. The number of thiophene rings is 1. The highest BCUT2D eigenvalue weighted by Gasteiger charge is 2.28. The van der Waals surface area contributed by atoms with E-state index in [0.29, 0.717) is 0 Å². The van der Waals surface area contributed by atoms with Crippen LogP contribution < -0.4 is 11.1 Å². The Hall–Kier alpha value is -0.870. The van der Waals surface area contributed by atoms with Crippen LogP contribution in [0.1, 0.15) is 42.4 Å². The molecule has 0 radical (unpaired) electrons. The van der Waals surface area contributed by atoms with Gasteiger partial charge in [0.05, 0.1) is 5.92 Å². The minimum absolute atomic E-state index is 0.0151. The van der Waals surface area contributed by atoms with Gasteiger partial charge in [-0.3, -0.25) is 4.79 Å². The van der Waals surface area contributed by atoms with Crippen LogP contribution in [-0.4, -0.2) is 18.0 Å². The van der Waals surface area contributed by atoms with Gasteiger partial charge in [-0.15, -0.1) is 11.3 Å². The fourth-order valence-corrected chi connectivity index (χ4v) is 3.80. The van der Waals surface area contributed by atoms with Crippen molar-refractivity contribution in [2.45, 2.75) is 58.0 Å². The number of amides is 1. The third kappa shape index (κ3) is 4.05. The highest BCUT2D eigenvalue weighted by Crippen LogP contribution is 2.23. The largest absolute Gasteiger partial charge is 0.353 e. The molecule has 4 heteroatoms. The van der Waals surface area contributed by atoms with Gasteiger partial charge in [0.15, 0.2) is 0 Å². The maximum atomic E-state index is 12.2. The normalized spacial score (nSPS) is 25.0. The fourth-order valence-electron chi connectivity index (χ4n) is 2.78. The van der Waals surface area contributed by atoms with Gasteiger partial charge in [0, 0.05) is 28.3 Å². The first-order valence-corrected chi connectivity index (χ1v) is 7.99. The zero-order valence-electron chi connectivity index (χ0n) is 11.8. The maximum absolute atomic E-state index is 12.2. The number of carbonyl (C=O) groups is 1. The van der Waals surface area contributed by atoms with Gasteiger partial charge < -0.3 is 11.1 Å². The van der Waals surface area contributed by atoms with Crippen molar-refractivity contribution in [3.05, 3.63) is 21.9 Å². The molecule has 3 atom stereocenters. The predicted molar refractivity (Wildman–Crippen MR) is 80.3 cm³/mol. The quantitative estimate of drug-likeness (QED) is 0.891. The summed E-state index contributed by atoms with van der Waals surface area (Å²) in [6.07, 6.45) is 5.12. The number of aryl methyl sites for hydroxylation is 1. The second-order valence-corrected chi connectivity index (χ2v) is 7.05. The molecule has 106 valence electrons. The van der Waals surface area contributed by atoms with Crippen LogP contribution in [0, 0.1) is 12.8 Å². The molecule has 0 aromatic carbocycles. The molecule has 0 saturated heterocycles. The Morgan fingerprint density at radius 3 is 2.84 bits per heavy atom. The summed E-state index contributed by atoms with van der Waals surface area (Å²) in [5, 5.41) is 3.13. The predicted octanol–water partition coefficient (Wildman–Crippen LogP) is 2.62. The first kappa shape index (κ1) is 14.5. The van der Waals surface area contributed by atoms with E-state index >= 15 is 0 Å². The smallest absolute Gasteiger partial charge is 0.224 e. The number of rotatable bonds is 4. The van der Waals surface area contributed by atoms with Gasteiger partial charge >= 0.3 is 0 Å². The topological polar surface area (TPSA) is 55.1 Å². The number of hydrogen-bond donors (Lipinski definition) is 2. The molecule has 1 aromatic rings. The molecule has 0 spiro atoms. The van der Waals surface area contributed by atoms with E-state index in [2.05, 4.69) is 31.3 Å². The molecular weight excluding hydrogens is 256 g/mol. The molecule has 1 amide bonds. The number of hydrogen-bond acceptors (Lipinski definition) is 3. The SMILES string of the molecule is Cc1ccc(CC(C)NC(=O)C2CCCCC2N)s1. The summed E-state index contributed by atoms with van der Waals surface area (Å²) in [5.74, 6) is 0.161. The maximum Gasteiger partial charge on any atom is 0.224 e. The summed E-state index contributed by atoms with van der Waals surface area (Å²) in [6, 6.07) is 4.50. The van der Waals surface area contributed by atoms with Crippen molar-refractivity contribution in [3.63, 3.8) is 0 Å². The highest BCUT2D eigenvalue weighted by molar-refractivity contribution is 7.11. The molecule has 19 heavy (non-hydrogen) atoms. The number of nitrogens with two attached hydrogens (primary N) is 1. The van der Waals surface area contributed by atoms with Gasteiger partial charge in [-0.2, -0.15) is 0 Å². The lowest BCUT2D eigenvalue weighted by Gasteiger charge is -2.28. The van der Waals surface area contributed by atoms with Crippen LogP contribution in [0.15, 0.2) is 12.1 Å². The molecule has 2 rings (SSSR count). The number of carbonyl (C=O) groups excluding carboxylic acids is 1. The van der Waals surface area contributed by atoms with E-state index in [1.54, 1.807) is 11.3 Å². The van der Waals surface area contributed by atoms with Gasteiger partial charge in [0.2, 0.25) is 5.91 Å². The molecule has 0 aliphatic heterocycles. The van der Waals surface area contributed by atoms with Crippen molar-refractivity contribution >= 4 is 17.2 Å². The Labute approximate surface area is 119 Å². The zero-order chi connectivity index (χ0) is 13.8. The summed E-state index contributed by atoms with van der Waals surface area (Å²) >= 11 is 1.80. The molecule has 1 aromatic heterocycles. The number of nitrogens with one attached hydrogen (secondary N) is 1. The van der Waals surface area contributed by atoms with E-state index in [1.165, 1.54) is 9.75 Å². The van der Waals surface area contributed by atoms with Crippen LogP contribution in [0.4, 0.5) is 0 Å². The lowest BCUT2D eigenvalue weighted by atomic mass is 9.84. The Balaban J connectivity index is 1.84. The van der Waals surface area contributed by atoms with Gasteiger partial charge in [0.25, 0.3) is 0 Å². The average molecular weight is 280 g/mol. The van der Waals surface area contributed by atoms with E-state index < -0.39 is 0 Å². The van der Waals surface area contributed by atoms with Gasteiger partial charge in [-0.1, -0.05) is 12.8 Å². The average Bonchev–Trinajstić information content (AvgIpc) is 2.74. The third-order valence-electron chi connectivity index (χ3n) is 3.85. The first-order chi connectivity index (χ1) is 9.06. The van der Waals surface area contributed by atoms with Crippen molar-refractivity contribution in [1.29, 1.82) is 0 Å². The molecule has 1 heterocycles. The third-order valence-corrected chi connectivity index (χ3v) is 4.87. The van der Waals surface area contributed by atoms with E-state index in [4.69, 9.17) is 5.73 Å². The molecule has 3 nitrogen and oxygen atoms in total. The van der Waals surface area contributed by atoms with E-state index in [9.17, 15) is 4.79 Å². The lowest BCUT2D eigenvalue weighted by molar-refractivity contribution is -0.127. The van der Waals surface area contributed by atoms with Crippen molar-refractivity contribution in [1.82, 2.24) is 5.32 Å². The molecule has 1 saturated carbocycles. The molecule has 1 fully saturated rings. The standard InChI is InChI=1S/C15H24N2OS/c1-10(9-12-8-7-11(2)19-12)17-15(18)13-5-3-4-6-14(13)16/h7-8,10,13-14H,3-6,9,16H2,1-2H3,(H,17,18). The molecule has 0 bridgehead atoms. The molecule has 3 unspecified atom stereocenters. The summed E-state index contributed by atoms with van der Waals surface area (Å²) in [4.78, 5) is 14.9. The molecule has 1 aliphatic carbocycles. The van der Waals surface area contributed by atoms with Crippen molar-refractivity contribution < 1.29 is 4.79 Å². The van der Waals surface area contributed by atoms with Crippen molar-refractivity contribution in [2.75, 3.05) is 0 Å². The van der Waals surface area contributed by atoms with Crippen molar-refractivity contribution in [3.8, 4) is 0 Å². The van der Waals surface area contributed by atoms with Crippen LogP contribution in [0.25, 0.3) is 0 Å². The monoisotopic (exact) mass is 280 g/mol. The molecule has 3 N–H and O–H groups in total. The van der Waals surface area contributed by atoms with Crippen LogP contribution in [-0.2, 0) is 11.2 Å². The summed E-state index contributed by atoms with van der Waals surface area (Å²) < 4.78 is 0. The Morgan fingerprint density at radius 1 is 1.47 bits per heavy atom. The Bertz CT molecular complexity index is 430. The minimum atomic E-state index is 0.0151. The first-order valence-electron chi connectivity index (χ1n) is 7.17. The van der Waals surface area contributed by atoms with Crippen molar-refractivity contribution in [2.24, 2.45) is 11.7 Å². The van der Waals surface area contributed by atoms with Gasteiger partial charge in [-0.25, -0.2) is 0 Å². The van der Waals surface area contributed by atoms with E-state index in [0.717, 1.165) is 32.1 Å². The summed E-state index contributed by atoms with van der Waals surface area (Å²) in [7, 11) is 0. The molecular formula is C15H24N2OS. The molecule has 1 aliphatic rings. The second kappa shape index (κ2) is 6.53. The Morgan fingerprint density at radius 2 is 2.21 bits per heavy atom. The van der Waals surface area contributed by atoms with Crippen LogP contribution in [0.3, 0.4) is 0 Å². The van der Waals surface area contributed by atoms with Crippen LogP contribution >= 0.6 is 11.3 Å². The highest BCUT2D eigenvalue weighted by atomic mass is 32.1. The minimum Gasteiger partial charge on any atom is -0.353 e. The van der Waals surface area contributed by atoms with E-state index in [-0.39, 0.29) is 23.9 Å². The van der Waals surface area contributed by atoms with Crippen LogP contribution in [0.5, 0.6) is 0 Å². The fraction of sp³-hybridized carbons (Fsp3) is 0.667. The summed E-state index contributed by atoms with van der Waals surface area (Å²) in [6.45, 7) is 4.18. The van der Waals surface area contributed by atoms with E-state index in [1.807, 2.05) is 0 Å². The Kier molecular flexibility index (Phi) is 4.99.